The molecule has 11 heavy (non-hydrogen) atoms. The summed E-state index contributed by atoms with van der Waals surface area (Å²) >= 11 is 0. The average Bonchev–Trinajstić information content (AvgIpc) is 1.82. The molecule has 0 aromatic carbocycles. The minimum atomic E-state index is -0.232. The Labute approximate surface area is 70.0 Å². The zero-order valence-corrected chi connectivity index (χ0v) is 8.09. The number of rotatable bonds is 5. The van der Waals surface area contributed by atoms with Crippen molar-refractivity contribution in [2.45, 2.75) is 46.3 Å². The molecule has 2 N–H and O–H groups in total. The van der Waals surface area contributed by atoms with Crippen molar-refractivity contribution in [1.29, 1.82) is 0 Å². The summed E-state index contributed by atoms with van der Waals surface area (Å²) in [5, 5.41) is 12.2. The van der Waals surface area contributed by atoms with Gasteiger partial charge in [-0.25, -0.2) is 0 Å². The van der Waals surface area contributed by atoms with E-state index in [1.54, 1.807) is 6.92 Å². The van der Waals surface area contributed by atoms with Crippen molar-refractivity contribution in [2.24, 2.45) is 5.92 Å². The molecule has 0 bridgehead atoms. The molecule has 0 saturated heterocycles. The average molecular weight is 159 g/mol. The van der Waals surface area contributed by atoms with Gasteiger partial charge < -0.3 is 10.4 Å². The smallest absolute Gasteiger partial charge is 0.0636 e. The molecule has 2 nitrogen and oxygen atoms in total. The van der Waals surface area contributed by atoms with E-state index >= 15 is 0 Å². The molecule has 0 aliphatic heterocycles. The highest BCUT2D eigenvalue weighted by Crippen LogP contribution is 2.03. The van der Waals surface area contributed by atoms with Crippen LogP contribution in [0.2, 0.25) is 0 Å². The Morgan fingerprint density at radius 2 is 1.73 bits per heavy atom. The molecule has 0 spiro atoms. The Bertz CT molecular complexity index is 91.6. The van der Waals surface area contributed by atoms with Gasteiger partial charge in [-0.05, 0) is 26.2 Å². The number of aliphatic hydroxyl groups is 1. The topological polar surface area (TPSA) is 32.3 Å². The molecule has 2 atom stereocenters. The third-order valence-electron chi connectivity index (χ3n) is 1.59. The zero-order chi connectivity index (χ0) is 8.85. The van der Waals surface area contributed by atoms with Crippen LogP contribution in [0.1, 0.15) is 34.1 Å². The molecule has 0 aliphatic carbocycles. The Hall–Kier alpha value is -0.0800. The molecule has 0 aromatic heterocycles. The molecule has 0 fully saturated rings. The fourth-order valence-corrected chi connectivity index (χ4v) is 1.16. The van der Waals surface area contributed by atoms with Gasteiger partial charge in [0.15, 0.2) is 0 Å². The zero-order valence-electron chi connectivity index (χ0n) is 8.09. The van der Waals surface area contributed by atoms with Crippen LogP contribution in [0.3, 0.4) is 0 Å². The first-order chi connectivity index (χ1) is 5.02. The van der Waals surface area contributed by atoms with Gasteiger partial charge in [-0.2, -0.15) is 0 Å². The van der Waals surface area contributed by atoms with Crippen LogP contribution in [0.15, 0.2) is 0 Å². The first kappa shape index (κ1) is 10.9. The molecule has 68 valence electrons. The maximum absolute atomic E-state index is 8.97. The summed E-state index contributed by atoms with van der Waals surface area (Å²) in [5.41, 5.74) is 0. The van der Waals surface area contributed by atoms with Crippen molar-refractivity contribution in [3.63, 3.8) is 0 Å². The molecule has 0 heterocycles. The van der Waals surface area contributed by atoms with Crippen molar-refractivity contribution in [2.75, 3.05) is 6.54 Å². The molecule has 2 heteroatoms. The van der Waals surface area contributed by atoms with Crippen LogP contribution in [0, 0.1) is 5.92 Å². The van der Waals surface area contributed by atoms with E-state index in [4.69, 9.17) is 5.11 Å². The van der Waals surface area contributed by atoms with E-state index in [-0.39, 0.29) is 6.10 Å². The van der Waals surface area contributed by atoms with E-state index in [1.165, 1.54) is 6.42 Å². The summed E-state index contributed by atoms with van der Waals surface area (Å²) in [6.07, 6.45) is 0.941. The highest BCUT2D eigenvalue weighted by Gasteiger charge is 2.04. The third-order valence-corrected chi connectivity index (χ3v) is 1.59. The van der Waals surface area contributed by atoms with E-state index in [2.05, 4.69) is 26.1 Å². The van der Waals surface area contributed by atoms with E-state index in [0.717, 1.165) is 5.92 Å². The lowest BCUT2D eigenvalue weighted by Crippen LogP contribution is -2.33. The molecule has 0 amide bonds. The minimum absolute atomic E-state index is 0.232. The van der Waals surface area contributed by atoms with Crippen molar-refractivity contribution in [1.82, 2.24) is 5.32 Å². The predicted octanol–water partition coefficient (Wildman–Crippen LogP) is 1.39. The van der Waals surface area contributed by atoms with Gasteiger partial charge in [0.2, 0.25) is 0 Å². The number of nitrogens with one attached hydrogen (secondary N) is 1. The fraction of sp³-hybridized carbons (Fsp3) is 1.00. The van der Waals surface area contributed by atoms with E-state index in [0.29, 0.717) is 12.6 Å². The maximum atomic E-state index is 8.97. The van der Waals surface area contributed by atoms with Crippen LogP contribution in [0.25, 0.3) is 0 Å². The van der Waals surface area contributed by atoms with Crippen LogP contribution in [-0.2, 0) is 0 Å². The van der Waals surface area contributed by atoms with E-state index in [1.807, 2.05) is 0 Å². The minimum Gasteiger partial charge on any atom is -0.392 e. The number of hydrogen-bond donors (Lipinski definition) is 2. The maximum Gasteiger partial charge on any atom is 0.0636 e. The Kier molecular flexibility index (Phi) is 5.51. The third kappa shape index (κ3) is 7.82. The van der Waals surface area contributed by atoms with Crippen molar-refractivity contribution in [3.05, 3.63) is 0 Å². The van der Waals surface area contributed by atoms with Gasteiger partial charge in [-0.15, -0.1) is 0 Å². The first-order valence-corrected chi connectivity index (χ1v) is 4.43. The van der Waals surface area contributed by atoms with Crippen LogP contribution >= 0.6 is 0 Å². The van der Waals surface area contributed by atoms with Gasteiger partial charge >= 0.3 is 0 Å². The molecule has 0 aliphatic rings. The monoisotopic (exact) mass is 159 g/mol. The molecule has 1 unspecified atom stereocenters. The summed E-state index contributed by atoms with van der Waals surface area (Å²) in [6.45, 7) is 9.08. The summed E-state index contributed by atoms with van der Waals surface area (Å²) in [5.74, 6) is 0.728. The number of hydrogen-bond acceptors (Lipinski definition) is 2. The van der Waals surface area contributed by atoms with Gasteiger partial charge in [0.1, 0.15) is 0 Å². The highest BCUT2D eigenvalue weighted by molar-refractivity contribution is 4.64. The van der Waals surface area contributed by atoms with Crippen molar-refractivity contribution >= 4 is 0 Å². The molecule has 0 rings (SSSR count). The fourth-order valence-electron chi connectivity index (χ4n) is 1.16. The summed E-state index contributed by atoms with van der Waals surface area (Å²) < 4.78 is 0. The second-order valence-electron chi connectivity index (χ2n) is 3.79. The van der Waals surface area contributed by atoms with Gasteiger partial charge in [0, 0.05) is 12.6 Å². The highest BCUT2D eigenvalue weighted by atomic mass is 16.3. The van der Waals surface area contributed by atoms with Gasteiger partial charge in [-0.3, -0.25) is 0 Å². The second kappa shape index (κ2) is 5.56. The second-order valence-corrected chi connectivity index (χ2v) is 3.79. The summed E-state index contributed by atoms with van der Waals surface area (Å²) in [7, 11) is 0. The Balaban J connectivity index is 3.29. The Morgan fingerprint density at radius 3 is 2.09 bits per heavy atom. The molecule has 0 aromatic rings. The molecule has 0 radical (unpaired) electrons. The lowest BCUT2D eigenvalue weighted by atomic mass is 10.1. The number of aliphatic hydroxyl groups excluding tert-OH is 1. The summed E-state index contributed by atoms with van der Waals surface area (Å²) in [6, 6.07) is 0.518. The lowest BCUT2D eigenvalue weighted by Gasteiger charge is -2.16. The van der Waals surface area contributed by atoms with E-state index in [9.17, 15) is 0 Å². The van der Waals surface area contributed by atoms with Crippen LogP contribution < -0.4 is 5.32 Å². The molecular weight excluding hydrogens is 138 g/mol. The normalized spacial score (nSPS) is 16.9. The van der Waals surface area contributed by atoms with Gasteiger partial charge in [0.25, 0.3) is 0 Å². The lowest BCUT2D eigenvalue weighted by molar-refractivity contribution is 0.185. The van der Waals surface area contributed by atoms with Crippen molar-refractivity contribution in [3.8, 4) is 0 Å². The predicted molar refractivity (Wildman–Crippen MR) is 48.6 cm³/mol. The van der Waals surface area contributed by atoms with Crippen LogP contribution in [0.5, 0.6) is 0 Å². The van der Waals surface area contributed by atoms with E-state index < -0.39 is 0 Å². The van der Waals surface area contributed by atoms with Crippen LogP contribution in [-0.4, -0.2) is 23.8 Å². The van der Waals surface area contributed by atoms with Crippen LogP contribution in [0.4, 0.5) is 0 Å². The SMILES string of the molecule is CC(C)CC(C)NC[C@@H](C)O. The van der Waals surface area contributed by atoms with Crippen molar-refractivity contribution < 1.29 is 5.11 Å². The molecule has 0 saturated carbocycles. The first-order valence-electron chi connectivity index (χ1n) is 4.43. The summed E-state index contributed by atoms with van der Waals surface area (Å²) in [4.78, 5) is 0. The quantitative estimate of drug-likeness (QED) is 0.635. The standard InChI is InChI=1S/C9H21NO/c1-7(2)5-8(3)10-6-9(4)11/h7-11H,5-6H2,1-4H3/t8?,9-/m1/s1. The Morgan fingerprint density at radius 1 is 1.18 bits per heavy atom. The van der Waals surface area contributed by atoms with Gasteiger partial charge in [0.05, 0.1) is 6.10 Å². The van der Waals surface area contributed by atoms with Gasteiger partial charge in [-0.1, -0.05) is 13.8 Å². The largest absolute Gasteiger partial charge is 0.392 e. The molecular formula is C9H21NO.